The van der Waals surface area contributed by atoms with Gasteiger partial charge in [-0.3, -0.25) is 0 Å². The zero-order valence-electron chi connectivity index (χ0n) is 12.0. The van der Waals surface area contributed by atoms with Gasteiger partial charge in [-0.25, -0.2) is 0 Å². The molecule has 0 aromatic heterocycles. The van der Waals surface area contributed by atoms with E-state index in [0.717, 1.165) is 17.7 Å². The lowest BCUT2D eigenvalue weighted by Gasteiger charge is -2.26. The fraction of sp³-hybridized carbons (Fsp3) is 0.533. The average Bonchev–Trinajstić information content (AvgIpc) is 2.28. The van der Waals surface area contributed by atoms with Crippen LogP contribution in [0, 0.1) is 6.92 Å². The van der Waals surface area contributed by atoms with Crippen molar-refractivity contribution in [3.63, 3.8) is 0 Å². The Kier molecular flexibility index (Phi) is 5.35. The van der Waals surface area contributed by atoms with Crippen molar-refractivity contribution in [3.05, 3.63) is 29.3 Å². The fourth-order valence-electron chi connectivity index (χ4n) is 2.15. The van der Waals surface area contributed by atoms with Crippen LogP contribution in [0.15, 0.2) is 18.2 Å². The molecule has 0 aliphatic carbocycles. The predicted octanol–water partition coefficient (Wildman–Crippen LogP) is 2.98. The summed E-state index contributed by atoms with van der Waals surface area (Å²) in [6.45, 7) is 3.71. The van der Waals surface area contributed by atoms with Gasteiger partial charge in [-0.2, -0.15) is 0 Å². The van der Waals surface area contributed by atoms with Gasteiger partial charge in [0.25, 0.3) is 0 Å². The molecular weight excluding hydrogens is 226 g/mol. The Morgan fingerprint density at radius 1 is 1.39 bits per heavy atom. The molecule has 0 bridgehead atoms. The van der Waals surface area contributed by atoms with E-state index in [9.17, 15) is 4.79 Å². The molecule has 0 saturated heterocycles. The topological polar surface area (TPSA) is 29.5 Å². The second-order valence-corrected chi connectivity index (χ2v) is 4.97. The summed E-state index contributed by atoms with van der Waals surface area (Å²) >= 11 is 0. The molecule has 0 aliphatic rings. The van der Waals surface area contributed by atoms with E-state index < -0.39 is 0 Å². The van der Waals surface area contributed by atoms with Crippen molar-refractivity contribution in [3.8, 4) is 5.75 Å². The molecule has 100 valence electrons. The van der Waals surface area contributed by atoms with E-state index in [1.807, 2.05) is 26.2 Å². The van der Waals surface area contributed by atoms with Crippen molar-refractivity contribution < 1.29 is 9.53 Å². The zero-order chi connectivity index (χ0) is 13.7. The van der Waals surface area contributed by atoms with E-state index in [2.05, 4.69) is 17.9 Å². The van der Waals surface area contributed by atoms with Crippen molar-refractivity contribution in [2.45, 2.75) is 32.7 Å². The maximum Gasteiger partial charge on any atom is 0.129 e. The summed E-state index contributed by atoms with van der Waals surface area (Å²) in [6, 6.07) is 6.39. The maximum atomic E-state index is 11.2. The van der Waals surface area contributed by atoms with Gasteiger partial charge >= 0.3 is 0 Å². The van der Waals surface area contributed by atoms with E-state index in [4.69, 9.17) is 4.74 Å². The Hall–Kier alpha value is -1.35. The molecule has 0 spiro atoms. The molecule has 0 aliphatic heterocycles. The first kappa shape index (κ1) is 14.7. The van der Waals surface area contributed by atoms with E-state index in [1.165, 1.54) is 5.56 Å². The maximum absolute atomic E-state index is 11.2. The summed E-state index contributed by atoms with van der Waals surface area (Å²) in [5, 5.41) is 0. The summed E-state index contributed by atoms with van der Waals surface area (Å²) in [5.41, 5.74) is 2.37. The van der Waals surface area contributed by atoms with E-state index in [-0.39, 0.29) is 11.8 Å². The number of ether oxygens (including phenoxy) is 1. The SMILES string of the molecule is COc1ccc(C)cc1C(CCC(C)=O)N(C)C. The molecule has 3 nitrogen and oxygen atoms in total. The molecule has 1 unspecified atom stereocenters. The van der Waals surface area contributed by atoms with Crippen LogP contribution in [-0.4, -0.2) is 31.9 Å². The third kappa shape index (κ3) is 3.84. The molecule has 0 amide bonds. The molecule has 1 atom stereocenters. The lowest BCUT2D eigenvalue weighted by Crippen LogP contribution is -2.21. The Labute approximate surface area is 110 Å². The Morgan fingerprint density at radius 2 is 2.06 bits per heavy atom. The van der Waals surface area contributed by atoms with Gasteiger partial charge in [0.1, 0.15) is 11.5 Å². The van der Waals surface area contributed by atoms with Gasteiger partial charge in [0, 0.05) is 18.0 Å². The number of carbonyl (C=O) groups is 1. The largest absolute Gasteiger partial charge is 0.496 e. The average molecular weight is 249 g/mol. The number of hydrogen-bond acceptors (Lipinski definition) is 3. The molecule has 0 heterocycles. The first-order valence-electron chi connectivity index (χ1n) is 6.26. The number of aryl methyl sites for hydroxylation is 1. The molecule has 1 aromatic carbocycles. The van der Waals surface area contributed by atoms with E-state index in [1.54, 1.807) is 14.0 Å². The van der Waals surface area contributed by atoms with Crippen LogP contribution in [0.5, 0.6) is 5.75 Å². The van der Waals surface area contributed by atoms with Gasteiger partial charge < -0.3 is 14.4 Å². The Morgan fingerprint density at radius 3 is 2.56 bits per heavy atom. The number of ketones is 1. The zero-order valence-corrected chi connectivity index (χ0v) is 12.0. The Bertz CT molecular complexity index is 413. The molecular formula is C15H23NO2. The van der Waals surface area contributed by atoms with Gasteiger partial charge in [0.15, 0.2) is 0 Å². The standard InChI is InChI=1S/C15H23NO2/c1-11-6-9-15(18-5)13(10-11)14(16(3)4)8-7-12(2)17/h6,9-10,14H,7-8H2,1-5H3. The number of rotatable bonds is 6. The summed E-state index contributed by atoms with van der Waals surface area (Å²) < 4.78 is 5.43. The van der Waals surface area contributed by atoms with Gasteiger partial charge in [-0.05, 0) is 40.4 Å². The fourth-order valence-corrected chi connectivity index (χ4v) is 2.15. The quantitative estimate of drug-likeness (QED) is 0.776. The minimum atomic E-state index is 0.212. The van der Waals surface area contributed by atoms with E-state index >= 15 is 0 Å². The van der Waals surface area contributed by atoms with E-state index in [0.29, 0.717) is 6.42 Å². The van der Waals surface area contributed by atoms with Crippen LogP contribution in [0.1, 0.15) is 36.9 Å². The molecule has 1 rings (SSSR count). The molecule has 0 N–H and O–H groups in total. The lowest BCUT2D eigenvalue weighted by molar-refractivity contribution is -0.117. The highest BCUT2D eigenvalue weighted by molar-refractivity contribution is 5.75. The second-order valence-electron chi connectivity index (χ2n) is 4.97. The number of hydrogen-bond donors (Lipinski definition) is 0. The minimum absolute atomic E-state index is 0.212. The highest BCUT2D eigenvalue weighted by Crippen LogP contribution is 2.32. The third-order valence-corrected chi connectivity index (χ3v) is 3.14. The van der Waals surface area contributed by atoms with Crippen molar-refractivity contribution >= 4 is 5.78 Å². The molecule has 1 aromatic rings. The van der Waals surface area contributed by atoms with Crippen LogP contribution in [-0.2, 0) is 4.79 Å². The molecule has 3 heteroatoms. The number of Topliss-reactive ketones (excluding diaryl/α,β-unsaturated/α-hetero) is 1. The smallest absolute Gasteiger partial charge is 0.129 e. The number of benzene rings is 1. The van der Waals surface area contributed by atoms with Crippen LogP contribution in [0.25, 0.3) is 0 Å². The molecule has 0 radical (unpaired) electrons. The van der Waals surface area contributed by atoms with Crippen LogP contribution in [0.3, 0.4) is 0 Å². The van der Waals surface area contributed by atoms with Crippen LogP contribution >= 0.6 is 0 Å². The second kappa shape index (κ2) is 6.55. The van der Waals surface area contributed by atoms with Crippen LogP contribution in [0.2, 0.25) is 0 Å². The van der Waals surface area contributed by atoms with Crippen molar-refractivity contribution in [1.82, 2.24) is 4.90 Å². The summed E-state index contributed by atoms with van der Waals surface area (Å²) in [6.07, 6.45) is 1.42. The molecule has 0 saturated carbocycles. The third-order valence-electron chi connectivity index (χ3n) is 3.14. The van der Waals surface area contributed by atoms with Crippen molar-refractivity contribution in [2.24, 2.45) is 0 Å². The van der Waals surface area contributed by atoms with Crippen molar-refractivity contribution in [1.29, 1.82) is 0 Å². The Balaban J connectivity index is 3.04. The summed E-state index contributed by atoms with van der Waals surface area (Å²) in [4.78, 5) is 13.3. The number of nitrogens with zero attached hydrogens (tertiary/aromatic N) is 1. The van der Waals surface area contributed by atoms with Gasteiger partial charge in [-0.1, -0.05) is 17.7 Å². The van der Waals surface area contributed by atoms with Crippen LogP contribution < -0.4 is 4.74 Å². The first-order valence-corrected chi connectivity index (χ1v) is 6.26. The number of methoxy groups -OCH3 is 1. The molecule has 18 heavy (non-hydrogen) atoms. The lowest BCUT2D eigenvalue weighted by atomic mass is 9.97. The molecule has 0 fully saturated rings. The first-order chi connectivity index (χ1) is 8.45. The van der Waals surface area contributed by atoms with Gasteiger partial charge in [0.05, 0.1) is 7.11 Å². The monoisotopic (exact) mass is 249 g/mol. The highest BCUT2D eigenvalue weighted by atomic mass is 16.5. The number of carbonyl (C=O) groups excluding carboxylic acids is 1. The highest BCUT2D eigenvalue weighted by Gasteiger charge is 2.18. The predicted molar refractivity (Wildman–Crippen MR) is 74.1 cm³/mol. The van der Waals surface area contributed by atoms with Crippen LogP contribution in [0.4, 0.5) is 0 Å². The summed E-state index contributed by atoms with van der Waals surface area (Å²) in [7, 11) is 5.75. The minimum Gasteiger partial charge on any atom is -0.496 e. The van der Waals surface area contributed by atoms with Gasteiger partial charge in [0.2, 0.25) is 0 Å². The van der Waals surface area contributed by atoms with Gasteiger partial charge in [-0.15, -0.1) is 0 Å². The normalized spacial score (nSPS) is 12.6. The van der Waals surface area contributed by atoms with Crippen molar-refractivity contribution in [2.75, 3.05) is 21.2 Å². The summed E-state index contributed by atoms with van der Waals surface area (Å²) in [5.74, 6) is 1.12.